The molecule has 0 atom stereocenters. The number of hydrogen-bond donors (Lipinski definition) is 1. The molecule has 0 bridgehead atoms. The predicted octanol–water partition coefficient (Wildman–Crippen LogP) is 4.72. The van der Waals surface area contributed by atoms with Crippen molar-refractivity contribution in [2.45, 2.75) is 55.1 Å². The van der Waals surface area contributed by atoms with Gasteiger partial charge in [-0.1, -0.05) is 19.1 Å². The number of halogens is 3. The minimum absolute atomic E-state index is 0.0671. The molecule has 0 saturated heterocycles. The standard InChI is InChI=1S/C14H18F3NS/c1-2-13(8-3-9-13)18-10-11-4-6-12(7-5-11)19-14(15,16)17/h4-7,18H,2-3,8-10H2,1H3. The minimum atomic E-state index is -4.21. The molecule has 1 fully saturated rings. The minimum Gasteiger partial charge on any atom is -0.307 e. The molecular formula is C14H18F3NS. The second-order valence-electron chi connectivity index (χ2n) is 5.03. The SMILES string of the molecule is CCC1(NCc2ccc(SC(F)(F)F)cc2)CCC1. The Bertz CT molecular complexity index is 404. The van der Waals surface area contributed by atoms with Crippen LogP contribution in [0.3, 0.4) is 0 Å². The Morgan fingerprint density at radius 3 is 2.26 bits per heavy atom. The number of alkyl halides is 3. The third kappa shape index (κ3) is 4.14. The molecule has 0 aromatic heterocycles. The van der Waals surface area contributed by atoms with Crippen LogP contribution in [0.2, 0.25) is 0 Å². The van der Waals surface area contributed by atoms with E-state index in [1.807, 2.05) is 0 Å². The zero-order chi connectivity index (χ0) is 13.9. The molecule has 1 aromatic rings. The average molecular weight is 289 g/mol. The fraction of sp³-hybridized carbons (Fsp3) is 0.571. The van der Waals surface area contributed by atoms with E-state index >= 15 is 0 Å². The first-order valence-corrected chi connectivity index (χ1v) is 7.34. The van der Waals surface area contributed by atoms with E-state index in [0.29, 0.717) is 0 Å². The third-order valence-electron chi connectivity index (χ3n) is 3.81. The highest BCUT2D eigenvalue weighted by Gasteiger charge is 2.34. The Balaban J connectivity index is 1.88. The first kappa shape index (κ1) is 14.7. The van der Waals surface area contributed by atoms with Crippen LogP contribution in [0.4, 0.5) is 13.2 Å². The predicted molar refractivity (Wildman–Crippen MR) is 72.1 cm³/mol. The molecule has 1 nitrogen and oxygen atoms in total. The summed E-state index contributed by atoms with van der Waals surface area (Å²) in [6.45, 7) is 2.90. The highest BCUT2D eigenvalue weighted by Crippen LogP contribution is 2.37. The quantitative estimate of drug-likeness (QED) is 0.787. The smallest absolute Gasteiger partial charge is 0.307 e. The Hall–Kier alpha value is -0.680. The van der Waals surface area contributed by atoms with Gasteiger partial charge in [0.2, 0.25) is 0 Å². The first-order chi connectivity index (χ1) is 8.92. The van der Waals surface area contributed by atoms with Crippen LogP contribution in [0, 0.1) is 0 Å². The number of rotatable bonds is 5. The summed E-state index contributed by atoms with van der Waals surface area (Å²) < 4.78 is 36.6. The molecule has 0 unspecified atom stereocenters. The van der Waals surface area contributed by atoms with Gasteiger partial charge in [-0.05, 0) is 55.1 Å². The number of nitrogens with one attached hydrogen (secondary N) is 1. The second kappa shape index (κ2) is 5.75. The summed E-state index contributed by atoms with van der Waals surface area (Å²) in [6.07, 6.45) is 4.77. The highest BCUT2D eigenvalue weighted by molar-refractivity contribution is 8.00. The molecule has 0 radical (unpaired) electrons. The fourth-order valence-corrected chi connectivity index (χ4v) is 2.90. The van der Waals surface area contributed by atoms with Crippen molar-refractivity contribution in [1.82, 2.24) is 5.32 Å². The summed E-state index contributed by atoms with van der Waals surface area (Å²) in [5.74, 6) is 0. The molecule has 0 spiro atoms. The van der Waals surface area contributed by atoms with Crippen molar-refractivity contribution in [2.24, 2.45) is 0 Å². The van der Waals surface area contributed by atoms with Gasteiger partial charge in [0.25, 0.3) is 0 Å². The van der Waals surface area contributed by atoms with Crippen molar-refractivity contribution in [2.75, 3.05) is 0 Å². The topological polar surface area (TPSA) is 12.0 Å². The van der Waals surface area contributed by atoms with Gasteiger partial charge in [-0.2, -0.15) is 13.2 Å². The summed E-state index contributed by atoms with van der Waals surface area (Å²) in [6, 6.07) is 6.61. The summed E-state index contributed by atoms with van der Waals surface area (Å²) in [5, 5.41) is 3.54. The molecule has 0 aliphatic heterocycles. The highest BCUT2D eigenvalue weighted by atomic mass is 32.2. The Kier molecular flexibility index (Phi) is 4.46. The van der Waals surface area contributed by atoms with Crippen molar-refractivity contribution in [3.8, 4) is 0 Å². The van der Waals surface area contributed by atoms with Gasteiger partial charge in [-0.3, -0.25) is 0 Å². The van der Waals surface area contributed by atoms with Crippen LogP contribution in [-0.2, 0) is 6.54 Å². The lowest BCUT2D eigenvalue weighted by Crippen LogP contribution is -2.49. The van der Waals surface area contributed by atoms with Gasteiger partial charge in [0.1, 0.15) is 0 Å². The molecule has 1 aliphatic carbocycles. The van der Waals surface area contributed by atoms with Crippen molar-refractivity contribution in [3.63, 3.8) is 0 Å². The monoisotopic (exact) mass is 289 g/mol. The maximum absolute atomic E-state index is 12.2. The Labute approximate surface area is 116 Å². The molecule has 5 heteroatoms. The Morgan fingerprint density at radius 1 is 1.21 bits per heavy atom. The van der Waals surface area contributed by atoms with Crippen molar-refractivity contribution < 1.29 is 13.2 Å². The molecule has 2 rings (SSSR count). The normalized spacial score (nSPS) is 18.1. The molecule has 0 heterocycles. The molecule has 1 saturated carbocycles. The van der Waals surface area contributed by atoms with Crippen LogP contribution in [0.5, 0.6) is 0 Å². The van der Waals surface area contributed by atoms with E-state index in [2.05, 4.69) is 12.2 Å². The number of thioether (sulfide) groups is 1. The van der Waals surface area contributed by atoms with Crippen LogP contribution >= 0.6 is 11.8 Å². The zero-order valence-corrected chi connectivity index (χ0v) is 11.7. The van der Waals surface area contributed by atoms with Crippen molar-refractivity contribution in [1.29, 1.82) is 0 Å². The average Bonchev–Trinajstić information content (AvgIpc) is 2.28. The molecule has 1 aromatic carbocycles. The van der Waals surface area contributed by atoms with Gasteiger partial charge in [-0.25, -0.2) is 0 Å². The maximum atomic E-state index is 12.2. The van der Waals surface area contributed by atoms with E-state index in [4.69, 9.17) is 0 Å². The Morgan fingerprint density at radius 2 is 1.84 bits per heavy atom. The molecule has 0 amide bonds. The summed E-state index contributed by atoms with van der Waals surface area (Å²) in [7, 11) is 0. The molecule has 106 valence electrons. The van der Waals surface area contributed by atoms with Crippen LogP contribution in [0.25, 0.3) is 0 Å². The van der Waals surface area contributed by atoms with Crippen LogP contribution in [0.15, 0.2) is 29.2 Å². The van der Waals surface area contributed by atoms with E-state index in [9.17, 15) is 13.2 Å². The second-order valence-corrected chi connectivity index (χ2v) is 6.17. The lowest BCUT2D eigenvalue weighted by molar-refractivity contribution is -0.0328. The van der Waals surface area contributed by atoms with Crippen LogP contribution in [-0.4, -0.2) is 11.0 Å². The molecule has 19 heavy (non-hydrogen) atoms. The first-order valence-electron chi connectivity index (χ1n) is 6.52. The maximum Gasteiger partial charge on any atom is 0.446 e. The van der Waals surface area contributed by atoms with Crippen LogP contribution < -0.4 is 5.32 Å². The lowest BCUT2D eigenvalue weighted by atomic mass is 9.75. The summed E-state index contributed by atoms with van der Waals surface area (Å²) in [4.78, 5) is 0.241. The molecule has 1 aliphatic rings. The van der Waals surface area contributed by atoms with Gasteiger partial charge >= 0.3 is 5.51 Å². The van der Waals surface area contributed by atoms with Gasteiger partial charge in [-0.15, -0.1) is 0 Å². The van der Waals surface area contributed by atoms with Crippen molar-refractivity contribution >= 4 is 11.8 Å². The third-order valence-corrected chi connectivity index (χ3v) is 4.55. The van der Waals surface area contributed by atoms with Gasteiger partial charge in [0.05, 0.1) is 0 Å². The zero-order valence-electron chi connectivity index (χ0n) is 10.9. The van der Waals surface area contributed by atoms with Crippen LogP contribution in [0.1, 0.15) is 38.2 Å². The lowest BCUT2D eigenvalue weighted by Gasteiger charge is -2.42. The van der Waals surface area contributed by atoms with E-state index in [0.717, 1.165) is 18.5 Å². The largest absolute Gasteiger partial charge is 0.446 e. The van der Waals surface area contributed by atoms with E-state index in [1.165, 1.54) is 31.4 Å². The van der Waals surface area contributed by atoms with Gasteiger partial charge in [0, 0.05) is 17.0 Å². The number of benzene rings is 1. The van der Waals surface area contributed by atoms with Crippen molar-refractivity contribution in [3.05, 3.63) is 29.8 Å². The van der Waals surface area contributed by atoms with Gasteiger partial charge < -0.3 is 5.32 Å². The molecule has 1 N–H and O–H groups in total. The van der Waals surface area contributed by atoms with Gasteiger partial charge in [0.15, 0.2) is 0 Å². The summed E-state index contributed by atoms with van der Waals surface area (Å²) in [5.41, 5.74) is -2.91. The number of hydrogen-bond acceptors (Lipinski definition) is 2. The van der Waals surface area contributed by atoms with E-state index in [-0.39, 0.29) is 22.2 Å². The van der Waals surface area contributed by atoms with E-state index < -0.39 is 5.51 Å². The fourth-order valence-electron chi connectivity index (χ4n) is 2.36. The molecular weight excluding hydrogens is 271 g/mol. The van der Waals surface area contributed by atoms with E-state index in [1.54, 1.807) is 12.1 Å². The summed E-state index contributed by atoms with van der Waals surface area (Å²) >= 11 is -0.0671.